The van der Waals surface area contributed by atoms with Crippen LogP contribution in [-0.2, 0) is 13.0 Å². The predicted molar refractivity (Wildman–Crippen MR) is 76.9 cm³/mol. The molecule has 0 spiro atoms. The number of nitrogens with one attached hydrogen (secondary N) is 1. The van der Waals surface area contributed by atoms with E-state index in [2.05, 4.69) is 48.0 Å². The summed E-state index contributed by atoms with van der Waals surface area (Å²) in [7, 11) is 2.03. The lowest BCUT2D eigenvalue weighted by atomic mass is 10.1. The standard InChI is InChI=1S/C15H23N3/c1-4-10-18-14-9-7-6-8-13(14)17-15(18)11-12(5-2)16-3/h6-9,12,16H,4-5,10-11H2,1-3H3. The van der Waals surface area contributed by atoms with Gasteiger partial charge in [-0.05, 0) is 32.0 Å². The highest BCUT2D eigenvalue weighted by Gasteiger charge is 2.13. The van der Waals surface area contributed by atoms with Gasteiger partial charge in [-0.1, -0.05) is 26.0 Å². The van der Waals surface area contributed by atoms with Gasteiger partial charge in [0.25, 0.3) is 0 Å². The van der Waals surface area contributed by atoms with Gasteiger partial charge in [0.1, 0.15) is 5.82 Å². The van der Waals surface area contributed by atoms with Crippen LogP contribution in [0, 0.1) is 0 Å². The van der Waals surface area contributed by atoms with Crippen LogP contribution in [0.4, 0.5) is 0 Å². The number of likely N-dealkylation sites (N-methyl/N-ethyl adjacent to an activating group) is 1. The molecule has 1 heterocycles. The molecular weight excluding hydrogens is 222 g/mol. The summed E-state index contributed by atoms with van der Waals surface area (Å²) in [6, 6.07) is 8.94. The highest BCUT2D eigenvalue weighted by atomic mass is 15.1. The van der Waals surface area contributed by atoms with Crippen LogP contribution in [0.25, 0.3) is 11.0 Å². The summed E-state index contributed by atoms with van der Waals surface area (Å²) in [5.74, 6) is 1.21. The molecule has 1 N–H and O–H groups in total. The number of fused-ring (bicyclic) bond motifs is 1. The molecule has 0 radical (unpaired) electrons. The van der Waals surface area contributed by atoms with Gasteiger partial charge in [-0.2, -0.15) is 0 Å². The lowest BCUT2D eigenvalue weighted by Gasteiger charge is -2.14. The van der Waals surface area contributed by atoms with E-state index in [1.54, 1.807) is 0 Å². The minimum absolute atomic E-state index is 0.511. The number of nitrogens with zero attached hydrogens (tertiary/aromatic N) is 2. The average Bonchev–Trinajstić information content (AvgIpc) is 2.75. The maximum atomic E-state index is 4.79. The summed E-state index contributed by atoms with van der Waals surface area (Å²) < 4.78 is 2.37. The Balaban J connectivity index is 2.38. The van der Waals surface area contributed by atoms with E-state index in [1.165, 1.54) is 11.3 Å². The van der Waals surface area contributed by atoms with E-state index in [-0.39, 0.29) is 0 Å². The smallest absolute Gasteiger partial charge is 0.111 e. The van der Waals surface area contributed by atoms with Crippen LogP contribution in [0.5, 0.6) is 0 Å². The van der Waals surface area contributed by atoms with Gasteiger partial charge in [-0.15, -0.1) is 0 Å². The third kappa shape index (κ3) is 2.56. The van der Waals surface area contributed by atoms with Crippen LogP contribution in [0.1, 0.15) is 32.5 Å². The zero-order valence-corrected chi connectivity index (χ0v) is 11.6. The fourth-order valence-corrected chi connectivity index (χ4v) is 2.43. The molecule has 1 aromatic heterocycles. The van der Waals surface area contributed by atoms with E-state index in [0.717, 1.165) is 31.3 Å². The Hall–Kier alpha value is -1.35. The van der Waals surface area contributed by atoms with E-state index < -0.39 is 0 Å². The molecule has 2 aromatic rings. The second kappa shape index (κ2) is 6.01. The lowest BCUT2D eigenvalue weighted by Crippen LogP contribution is -2.28. The van der Waals surface area contributed by atoms with Crippen LogP contribution in [0.15, 0.2) is 24.3 Å². The maximum Gasteiger partial charge on any atom is 0.111 e. The molecule has 2 rings (SSSR count). The summed E-state index contributed by atoms with van der Waals surface area (Å²) in [6.07, 6.45) is 3.28. The predicted octanol–water partition coefficient (Wildman–Crippen LogP) is 2.99. The number of benzene rings is 1. The molecule has 0 fully saturated rings. The van der Waals surface area contributed by atoms with Crippen molar-refractivity contribution in [2.45, 2.75) is 45.7 Å². The van der Waals surface area contributed by atoms with Crippen molar-refractivity contribution in [2.75, 3.05) is 7.05 Å². The molecule has 0 aliphatic carbocycles. The number of para-hydroxylation sites is 2. The molecule has 0 amide bonds. The van der Waals surface area contributed by atoms with E-state index in [4.69, 9.17) is 4.98 Å². The molecule has 0 aliphatic heterocycles. The van der Waals surface area contributed by atoms with Crippen LogP contribution in [0.3, 0.4) is 0 Å². The number of imidazole rings is 1. The minimum atomic E-state index is 0.511. The lowest BCUT2D eigenvalue weighted by molar-refractivity contribution is 0.513. The van der Waals surface area contributed by atoms with Crippen molar-refractivity contribution in [1.82, 2.24) is 14.9 Å². The molecule has 18 heavy (non-hydrogen) atoms. The van der Waals surface area contributed by atoms with Crippen molar-refractivity contribution in [3.05, 3.63) is 30.1 Å². The molecule has 1 atom stereocenters. The van der Waals surface area contributed by atoms with Crippen molar-refractivity contribution in [1.29, 1.82) is 0 Å². The first kappa shape index (κ1) is 13.1. The summed E-state index contributed by atoms with van der Waals surface area (Å²) in [4.78, 5) is 4.79. The van der Waals surface area contributed by atoms with Crippen LogP contribution in [0.2, 0.25) is 0 Å². The fourth-order valence-electron chi connectivity index (χ4n) is 2.43. The van der Waals surface area contributed by atoms with Gasteiger partial charge in [0, 0.05) is 19.0 Å². The Morgan fingerprint density at radius 2 is 2.06 bits per heavy atom. The number of aryl methyl sites for hydroxylation is 1. The SMILES string of the molecule is CCCn1c(CC(CC)NC)nc2ccccc21. The molecule has 0 saturated carbocycles. The Bertz CT molecular complexity index is 497. The highest BCUT2D eigenvalue weighted by molar-refractivity contribution is 5.75. The van der Waals surface area contributed by atoms with Crippen LogP contribution < -0.4 is 5.32 Å². The number of hydrogen-bond acceptors (Lipinski definition) is 2. The largest absolute Gasteiger partial charge is 0.328 e. The topological polar surface area (TPSA) is 29.9 Å². The van der Waals surface area contributed by atoms with Gasteiger partial charge in [-0.25, -0.2) is 4.98 Å². The van der Waals surface area contributed by atoms with E-state index >= 15 is 0 Å². The van der Waals surface area contributed by atoms with E-state index in [0.29, 0.717) is 6.04 Å². The van der Waals surface area contributed by atoms with Crippen molar-refractivity contribution in [3.63, 3.8) is 0 Å². The van der Waals surface area contributed by atoms with Gasteiger partial charge >= 0.3 is 0 Å². The quantitative estimate of drug-likeness (QED) is 0.848. The summed E-state index contributed by atoms with van der Waals surface area (Å²) in [5.41, 5.74) is 2.38. The summed E-state index contributed by atoms with van der Waals surface area (Å²) in [5, 5.41) is 3.36. The Labute approximate surface area is 109 Å². The Kier molecular flexibility index (Phi) is 4.37. The van der Waals surface area contributed by atoms with Gasteiger partial charge in [0.2, 0.25) is 0 Å². The number of hydrogen-bond donors (Lipinski definition) is 1. The second-order valence-corrected chi connectivity index (χ2v) is 4.77. The van der Waals surface area contributed by atoms with Crippen LogP contribution in [-0.4, -0.2) is 22.6 Å². The monoisotopic (exact) mass is 245 g/mol. The molecule has 0 saturated heterocycles. The molecular formula is C15H23N3. The van der Waals surface area contributed by atoms with Crippen molar-refractivity contribution in [3.8, 4) is 0 Å². The molecule has 98 valence electrons. The van der Waals surface area contributed by atoms with Crippen molar-refractivity contribution < 1.29 is 0 Å². The molecule has 0 bridgehead atoms. The van der Waals surface area contributed by atoms with Gasteiger partial charge in [0.05, 0.1) is 11.0 Å². The molecule has 3 nitrogen and oxygen atoms in total. The van der Waals surface area contributed by atoms with Gasteiger partial charge in [-0.3, -0.25) is 0 Å². The third-order valence-electron chi connectivity index (χ3n) is 3.51. The fraction of sp³-hybridized carbons (Fsp3) is 0.533. The molecule has 0 aliphatic rings. The normalized spacial score (nSPS) is 13.1. The molecule has 1 unspecified atom stereocenters. The van der Waals surface area contributed by atoms with Crippen molar-refractivity contribution in [2.24, 2.45) is 0 Å². The average molecular weight is 245 g/mol. The number of aromatic nitrogens is 2. The number of rotatable bonds is 6. The first-order chi connectivity index (χ1) is 8.80. The Morgan fingerprint density at radius 1 is 1.28 bits per heavy atom. The van der Waals surface area contributed by atoms with Crippen molar-refractivity contribution >= 4 is 11.0 Å². The zero-order valence-electron chi connectivity index (χ0n) is 11.6. The first-order valence-electron chi connectivity index (χ1n) is 6.91. The summed E-state index contributed by atoms with van der Waals surface area (Å²) >= 11 is 0. The summed E-state index contributed by atoms with van der Waals surface area (Å²) in [6.45, 7) is 5.48. The first-order valence-corrected chi connectivity index (χ1v) is 6.91. The third-order valence-corrected chi connectivity index (χ3v) is 3.51. The zero-order chi connectivity index (χ0) is 13.0. The molecule has 3 heteroatoms. The minimum Gasteiger partial charge on any atom is -0.328 e. The van der Waals surface area contributed by atoms with E-state index in [1.807, 2.05) is 7.05 Å². The Morgan fingerprint density at radius 3 is 2.72 bits per heavy atom. The van der Waals surface area contributed by atoms with Gasteiger partial charge < -0.3 is 9.88 Å². The molecule has 1 aromatic carbocycles. The van der Waals surface area contributed by atoms with E-state index in [9.17, 15) is 0 Å². The second-order valence-electron chi connectivity index (χ2n) is 4.77. The maximum absolute atomic E-state index is 4.79. The van der Waals surface area contributed by atoms with Gasteiger partial charge in [0.15, 0.2) is 0 Å². The highest BCUT2D eigenvalue weighted by Crippen LogP contribution is 2.18. The van der Waals surface area contributed by atoms with Crippen LogP contribution >= 0.6 is 0 Å².